The molecule has 0 aliphatic carbocycles. The summed E-state index contributed by atoms with van der Waals surface area (Å²) in [6.45, 7) is 5.03. The smallest absolute Gasteiger partial charge is 0.223 e. The first-order valence-corrected chi connectivity index (χ1v) is 9.39. The highest BCUT2D eigenvalue weighted by Crippen LogP contribution is 2.26. The first kappa shape index (κ1) is 17.5. The van der Waals surface area contributed by atoms with Gasteiger partial charge >= 0.3 is 0 Å². The zero-order valence-corrected chi connectivity index (χ0v) is 14.5. The van der Waals surface area contributed by atoms with Gasteiger partial charge in [0.15, 0.2) is 0 Å². The van der Waals surface area contributed by atoms with Crippen LogP contribution in [0.3, 0.4) is 0 Å². The van der Waals surface area contributed by atoms with Crippen molar-refractivity contribution in [1.29, 1.82) is 0 Å². The topological polar surface area (TPSA) is 56.9 Å². The molecule has 0 saturated carbocycles. The van der Waals surface area contributed by atoms with Gasteiger partial charge in [0.05, 0.1) is 6.26 Å². The largest absolute Gasteiger partial charge is 0.469 e. The van der Waals surface area contributed by atoms with Gasteiger partial charge in [-0.05, 0) is 44.0 Å². The summed E-state index contributed by atoms with van der Waals surface area (Å²) in [5.74, 6) is 1.67. The third-order valence-electron chi connectivity index (χ3n) is 5.52. The number of hydrogen-bond donors (Lipinski definition) is 1. The van der Waals surface area contributed by atoms with Crippen LogP contribution < -0.4 is 0 Å². The minimum atomic E-state index is 0.181. The van der Waals surface area contributed by atoms with Gasteiger partial charge in [0, 0.05) is 45.0 Å². The second kappa shape index (κ2) is 8.67. The van der Waals surface area contributed by atoms with Crippen molar-refractivity contribution in [2.45, 2.75) is 38.5 Å². The standard InChI is InChI=1S/C19H30N2O3/c22-15-17-14-21(19(23)8-7-18-6-5-11-24-18)13-16(17)12-20-9-3-1-2-4-10-20/h5-6,11,16-17,22H,1-4,7-10,12-15H2/t16-,17-/m1/s1. The average Bonchev–Trinajstić information content (AvgIpc) is 3.18. The minimum Gasteiger partial charge on any atom is -0.469 e. The van der Waals surface area contributed by atoms with Crippen molar-refractivity contribution in [2.75, 3.05) is 39.3 Å². The second-order valence-corrected chi connectivity index (χ2v) is 7.30. The summed E-state index contributed by atoms with van der Waals surface area (Å²) < 4.78 is 5.30. The molecule has 2 aliphatic rings. The molecular formula is C19H30N2O3. The van der Waals surface area contributed by atoms with Crippen LogP contribution in [0.2, 0.25) is 0 Å². The number of carbonyl (C=O) groups is 1. The molecule has 0 aromatic carbocycles. The Morgan fingerprint density at radius 3 is 2.58 bits per heavy atom. The molecule has 1 N–H and O–H groups in total. The Labute approximate surface area is 144 Å². The Kier molecular flexibility index (Phi) is 6.32. The number of furan rings is 1. The van der Waals surface area contributed by atoms with Crippen molar-refractivity contribution >= 4 is 5.91 Å². The van der Waals surface area contributed by atoms with Gasteiger partial charge in [0.1, 0.15) is 5.76 Å². The van der Waals surface area contributed by atoms with E-state index in [0.29, 0.717) is 25.3 Å². The number of nitrogens with zero attached hydrogens (tertiary/aromatic N) is 2. The molecular weight excluding hydrogens is 304 g/mol. The van der Waals surface area contributed by atoms with Crippen LogP contribution in [0, 0.1) is 11.8 Å². The highest BCUT2D eigenvalue weighted by atomic mass is 16.3. The Hall–Kier alpha value is -1.33. The molecule has 2 aliphatic heterocycles. The van der Waals surface area contributed by atoms with Crippen molar-refractivity contribution in [1.82, 2.24) is 9.80 Å². The lowest BCUT2D eigenvalue weighted by molar-refractivity contribution is -0.130. The fraction of sp³-hybridized carbons (Fsp3) is 0.737. The van der Waals surface area contributed by atoms with E-state index < -0.39 is 0 Å². The van der Waals surface area contributed by atoms with Gasteiger partial charge in [-0.2, -0.15) is 0 Å². The number of carbonyl (C=O) groups excluding carboxylic acids is 1. The van der Waals surface area contributed by atoms with Crippen molar-refractivity contribution in [3.8, 4) is 0 Å². The maximum absolute atomic E-state index is 12.5. The zero-order valence-electron chi connectivity index (χ0n) is 14.5. The maximum atomic E-state index is 12.5. The number of likely N-dealkylation sites (tertiary alicyclic amines) is 2. The fourth-order valence-electron chi connectivity index (χ4n) is 4.05. The van der Waals surface area contributed by atoms with Crippen LogP contribution in [0.1, 0.15) is 37.9 Å². The molecule has 2 atom stereocenters. The Bertz CT molecular complexity index is 495. The SMILES string of the molecule is O=C(CCc1ccco1)N1C[C@@H](CN2CCCCCC2)[C@@H](CO)C1. The fourth-order valence-corrected chi connectivity index (χ4v) is 4.05. The van der Waals surface area contributed by atoms with Crippen LogP contribution >= 0.6 is 0 Å². The molecule has 5 nitrogen and oxygen atoms in total. The van der Waals surface area contributed by atoms with E-state index in [4.69, 9.17) is 4.42 Å². The van der Waals surface area contributed by atoms with Crippen molar-refractivity contribution < 1.29 is 14.3 Å². The molecule has 1 amide bonds. The number of amides is 1. The molecule has 0 radical (unpaired) electrons. The third kappa shape index (κ3) is 4.61. The first-order valence-electron chi connectivity index (χ1n) is 9.39. The van der Waals surface area contributed by atoms with E-state index in [0.717, 1.165) is 18.8 Å². The molecule has 0 unspecified atom stereocenters. The average molecular weight is 334 g/mol. The summed E-state index contributed by atoms with van der Waals surface area (Å²) in [4.78, 5) is 17.0. The van der Waals surface area contributed by atoms with E-state index in [9.17, 15) is 9.90 Å². The predicted molar refractivity (Wildman–Crippen MR) is 92.6 cm³/mol. The Balaban J connectivity index is 1.50. The number of rotatable bonds is 6. The van der Waals surface area contributed by atoms with E-state index in [-0.39, 0.29) is 18.4 Å². The number of aliphatic hydroxyl groups is 1. The quantitative estimate of drug-likeness (QED) is 0.866. The van der Waals surface area contributed by atoms with E-state index in [1.165, 1.54) is 38.8 Å². The summed E-state index contributed by atoms with van der Waals surface area (Å²) in [6, 6.07) is 3.77. The van der Waals surface area contributed by atoms with E-state index >= 15 is 0 Å². The van der Waals surface area contributed by atoms with Crippen molar-refractivity contribution in [3.63, 3.8) is 0 Å². The van der Waals surface area contributed by atoms with Crippen molar-refractivity contribution in [3.05, 3.63) is 24.2 Å². The molecule has 0 spiro atoms. The van der Waals surface area contributed by atoms with Gasteiger partial charge in [-0.3, -0.25) is 4.79 Å². The van der Waals surface area contributed by atoms with Crippen LogP contribution in [-0.4, -0.2) is 60.1 Å². The van der Waals surface area contributed by atoms with Gasteiger partial charge in [0.25, 0.3) is 0 Å². The molecule has 3 rings (SSSR count). The molecule has 134 valence electrons. The minimum absolute atomic E-state index is 0.181. The normalized spacial score (nSPS) is 25.8. The lowest BCUT2D eigenvalue weighted by Gasteiger charge is -2.26. The maximum Gasteiger partial charge on any atom is 0.223 e. The zero-order chi connectivity index (χ0) is 16.8. The molecule has 1 aromatic rings. The van der Waals surface area contributed by atoms with Crippen LogP contribution in [0.25, 0.3) is 0 Å². The van der Waals surface area contributed by atoms with E-state index in [1.807, 2.05) is 17.0 Å². The highest BCUT2D eigenvalue weighted by molar-refractivity contribution is 5.76. The molecule has 24 heavy (non-hydrogen) atoms. The van der Waals surface area contributed by atoms with Crippen LogP contribution in [0.4, 0.5) is 0 Å². The second-order valence-electron chi connectivity index (χ2n) is 7.30. The predicted octanol–water partition coefficient (Wildman–Crippen LogP) is 2.16. The molecule has 2 saturated heterocycles. The molecule has 2 fully saturated rings. The van der Waals surface area contributed by atoms with E-state index in [2.05, 4.69) is 4.90 Å². The van der Waals surface area contributed by atoms with Gasteiger partial charge in [-0.15, -0.1) is 0 Å². The molecule has 0 bridgehead atoms. The Morgan fingerprint density at radius 1 is 1.17 bits per heavy atom. The molecule has 5 heteroatoms. The lowest BCUT2D eigenvalue weighted by Crippen LogP contribution is -2.35. The highest BCUT2D eigenvalue weighted by Gasteiger charge is 2.35. The third-order valence-corrected chi connectivity index (χ3v) is 5.52. The van der Waals surface area contributed by atoms with Crippen LogP contribution in [-0.2, 0) is 11.2 Å². The van der Waals surface area contributed by atoms with Crippen LogP contribution in [0.15, 0.2) is 22.8 Å². The number of hydrogen-bond acceptors (Lipinski definition) is 4. The van der Waals surface area contributed by atoms with Gasteiger partial charge in [-0.1, -0.05) is 12.8 Å². The summed E-state index contributed by atoms with van der Waals surface area (Å²) in [6.07, 6.45) is 8.02. The van der Waals surface area contributed by atoms with Gasteiger partial charge < -0.3 is 19.3 Å². The number of aliphatic hydroxyl groups excluding tert-OH is 1. The van der Waals surface area contributed by atoms with Crippen LogP contribution in [0.5, 0.6) is 0 Å². The lowest BCUT2D eigenvalue weighted by atomic mass is 9.96. The van der Waals surface area contributed by atoms with E-state index in [1.54, 1.807) is 6.26 Å². The summed E-state index contributed by atoms with van der Waals surface area (Å²) >= 11 is 0. The summed E-state index contributed by atoms with van der Waals surface area (Å²) in [7, 11) is 0. The van der Waals surface area contributed by atoms with Gasteiger partial charge in [-0.25, -0.2) is 0 Å². The molecule has 1 aromatic heterocycles. The molecule has 3 heterocycles. The van der Waals surface area contributed by atoms with Crippen molar-refractivity contribution in [2.24, 2.45) is 11.8 Å². The Morgan fingerprint density at radius 2 is 1.92 bits per heavy atom. The summed E-state index contributed by atoms with van der Waals surface area (Å²) in [5.41, 5.74) is 0. The first-order chi connectivity index (χ1) is 11.8. The summed E-state index contributed by atoms with van der Waals surface area (Å²) in [5, 5.41) is 9.73. The number of aryl methyl sites for hydroxylation is 1. The van der Waals surface area contributed by atoms with Gasteiger partial charge in [0.2, 0.25) is 5.91 Å². The monoisotopic (exact) mass is 334 g/mol.